The number of terminal acetylenes is 2. The van der Waals surface area contributed by atoms with E-state index < -0.39 is 11.9 Å². The molecule has 0 aliphatic heterocycles. The second-order valence-corrected chi connectivity index (χ2v) is 14.6. The Hall–Kier alpha value is -9.74. The van der Waals surface area contributed by atoms with Gasteiger partial charge in [-0.15, -0.1) is 60.4 Å². The van der Waals surface area contributed by atoms with Crippen molar-refractivity contribution < 1.29 is 70.1 Å². The largest absolute Gasteiger partial charge is 2.00 e. The van der Waals surface area contributed by atoms with Crippen LogP contribution >= 0.6 is 0 Å². The van der Waals surface area contributed by atoms with E-state index in [2.05, 4.69) is 109 Å². The topological polar surface area (TPSA) is 145 Å². The number of rotatable bonds is 8. The van der Waals surface area contributed by atoms with Crippen LogP contribution in [0.4, 0.5) is 0 Å². The Kier molecular flexibility index (Phi) is 29.7. The molecule has 0 bridgehead atoms. The van der Waals surface area contributed by atoms with Crippen molar-refractivity contribution in [3.05, 3.63) is 194 Å². The number of hydrogen-bond donors (Lipinski definition) is 2. The predicted molar refractivity (Wildman–Crippen MR) is 289 cm³/mol. The molecule has 0 aliphatic carbocycles. The van der Waals surface area contributed by atoms with E-state index in [9.17, 15) is 0 Å². The van der Waals surface area contributed by atoms with Crippen LogP contribution in [0.2, 0.25) is 0 Å². The number of hydrogen-bond acceptors (Lipinski definition) is 8. The molecule has 0 amide bonds. The van der Waals surface area contributed by atoms with Crippen LogP contribution in [-0.4, -0.2) is 42.1 Å². The van der Waals surface area contributed by atoms with Gasteiger partial charge in [0.2, 0.25) is 0 Å². The van der Waals surface area contributed by atoms with Crippen molar-refractivity contribution in [1.29, 1.82) is 0 Å². The van der Waals surface area contributed by atoms with Gasteiger partial charge in [0.05, 0.1) is 11.4 Å². The molecule has 8 rings (SSSR count). The monoisotopic (exact) mass is 1180 g/mol. The smallest absolute Gasteiger partial charge is 0.497 e. The average molecular weight is 1180 g/mol. The normalized spacial score (nSPS) is 8.50. The summed E-state index contributed by atoms with van der Waals surface area (Å²) in [5.41, 5.74) is 9.70. The van der Waals surface area contributed by atoms with E-state index in [4.69, 9.17) is 42.1 Å². The number of aliphatic carboxylic acids is 2. The molecule has 0 atom stereocenters. The molecular weight excluding hydrogens is 1130 g/mol. The second-order valence-electron chi connectivity index (χ2n) is 14.6. The predicted octanol–water partition coefficient (Wildman–Crippen LogP) is 11.9. The summed E-state index contributed by atoms with van der Waals surface area (Å²) in [7, 11) is 0. The number of aromatic nitrogens is 4. The van der Waals surface area contributed by atoms with E-state index in [0.717, 1.165) is 81.5 Å². The minimum Gasteiger partial charge on any atom is -0.497 e. The maximum absolute atomic E-state index is 9.00. The minimum atomic E-state index is -0.833. The Morgan fingerprint density at radius 2 is 0.829 bits per heavy atom. The summed E-state index contributed by atoms with van der Waals surface area (Å²) in [6.45, 7) is 6.22. The second kappa shape index (κ2) is 36.2. The van der Waals surface area contributed by atoms with E-state index in [-0.39, 0.29) is 40.8 Å². The molecule has 0 saturated carbocycles. The van der Waals surface area contributed by atoms with Gasteiger partial charge in [-0.05, 0) is 156 Å². The molecule has 0 unspecified atom stereocenters. The summed E-state index contributed by atoms with van der Waals surface area (Å²) in [5, 5.41) is 14.8. The van der Waals surface area contributed by atoms with Crippen molar-refractivity contribution in [1.82, 2.24) is 19.9 Å². The van der Waals surface area contributed by atoms with Gasteiger partial charge in [-0.3, -0.25) is 19.6 Å². The molecule has 8 aromatic rings. The molecule has 0 spiro atoms. The van der Waals surface area contributed by atoms with E-state index in [1.54, 1.807) is 12.4 Å². The molecule has 76 heavy (non-hydrogen) atoms. The van der Waals surface area contributed by atoms with Crippen molar-refractivity contribution in [2.45, 2.75) is 27.7 Å². The molecule has 4 aromatic heterocycles. The molecule has 4 heterocycles. The fraction of sp³-hybridized carbons (Fsp3) is 0.0625. The quantitative estimate of drug-likeness (QED) is 0.0857. The molecule has 2 N–H and O–H groups in total. The van der Waals surface area contributed by atoms with E-state index >= 15 is 0 Å². The van der Waals surface area contributed by atoms with E-state index in [1.165, 1.54) is 0 Å². The number of nitrogens with zero attached hydrogens (tertiary/aromatic N) is 4. The first-order chi connectivity index (χ1) is 35.9. The molecule has 0 fully saturated rings. The van der Waals surface area contributed by atoms with Crippen LogP contribution in [0.1, 0.15) is 25.0 Å². The maximum atomic E-state index is 9.00. The van der Waals surface area contributed by atoms with Gasteiger partial charge in [0, 0.05) is 81.7 Å². The maximum Gasteiger partial charge on any atom is 2.00 e. The standard InChI is InChI=1S/C23H18N2O.C23H16N2O.C14H2.2C2H4O2.2Pd/c2*1-17-11-12-23(25-16-17)19-7-5-9-21(15-19)26-20-8-4-6-18(14-20)22-10-2-3-13-24-22;1-3-5-7-9-11-13-14-12-10-8-6-4-2;2*1-2(3)4;;/h2-16H,1H3;2-13,16H,1H3;1-2H;2*1H3,(H,3,4);;/q;-2;;;;;+2. The number of carboxylic acid groups (broad SMARTS) is 2. The van der Waals surface area contributed by atoms with Crippen molar-refractivity contribution >= 4 is 11.9 Å². The van der Waals surface area contributed by atoms with Crippen LogP contribution in [0.25, 0.3) is 45.0 Å². The first kappa shape index (κ1) is 62.4. The SMILES string of the molecule is C#CC#CC#CC#CC#CC#CC#C.CC(=O)O.CC(=O)O.Cc1ccc(-c2[c-]c(Oc3[c-]c(-c4ccccn4)ccc3)ccc2)nc1.Cc1ccc(-c2cccc(Oc3cccc(-c4ccccn4)c3)c2)nc1.[Pd+2].[Pd]. The van der Waals surface area contributed by atoms with Gasteiger partial charge in [0.25, 0.3) is 11.9 Å². The Balaban J connectivity index is 0.000000373. The zero-order chi connectivity index (χ0) is 53.2. The fourth-order valence-electron chi connectivity index (χ4n) is 5.65. The number of carboxylic acids is 2. The van der Waals surface area contributed by atoms with Crippen LogP contribution in [0, 0.1) is 110 Å². The fourth-order valence-corrected chi connectivity index (χ4v) is 5.65. The van der Waals surface area contributed by atoms with Gasteiger partial charge >= 0.3 is 20.4 Å². The zero-order valence-electron chi connectivity index (χ0n) is 41.3. The van der Waals surface area contributed by atoms with E-state index in [1.807, 2.05) is 166 Å². The van der Waals surface area contributed by atoms with Crippen molar-refractivity contribution in [2.75, 3.05) is 0 Å². The number of aryl methyl sites for hydroxylation is 2. The van der Waals surface area contributed by atoms with Gasteiger partial charge in [0.15, 0.2) is 0 Å². The number of ether oxygens (including phenoxy) is 2. The Morgan fingerprint density at radius 3 is 1.21 bits per heavy atom. The van der Waals surface area contributed by atoms with Gasteiger partial charge in [-0.2, -0.15) is 0 Å². The molecule has 4 aromatic carbocycles. The molecular formula is C64H44N4O6Pd2. The number of carbonyl (C=O) groups is 2. The third-order valence-corrected chi connectivity index (χ3v) is 8.66. The van der Waals surface area contributed by atoms with E-state index in [0.29, 0.717) is 11.5 Å². The third-order valence-electron chi connectivity index (χ3n) is 8.66. The van der Waals surface area contributed by atoms with Gasteiger partial charge in [-0.25, -0.2) is 0 Å². The Labute approximate surface area is 472 Å². The van der Waals surface area contributed by atoms with Crippen LogP contribution in [-0.2, 0) is 50.4 Å². The first-order valence-corrected chi connectivity index (χ1v) is 22.0. The molecule has 0 saturated heterocycles. The van der Waals surface area contributed by atoms with Crippen molar-refractivity contribution in [2.24, 2.45) is 0 Å². The zero-order valence-corrected chi connectivity index (χ0v) is 44.4. The van der Waals surface area contributed by atoms with Gasteiger partial charge < -0.3 is 29.7 Å². The van der Waals surface area contributed by atoms with Gasteiger partial charge in [-0.1, -0.05) is 72.8 Å². The molecule has 376 valence electrons. The first-order valence-electron chi connectivity index (χ1n) is 22.0. The third kappa shape index (κ3) is 25.1. The van der Waals surface area contributed by atoms with Crippen LogP contribution in [0.5, 0.6) is 23.0 Å². The van der Waals surface area contributed by atoms with Crippen LogP contribution < -0.4 is 9.47 Å². The van der Waals surface area contributed by atoms with Crippen LogP contribution in [0.15, 0.2) is 170 Å². The molecule has 10 nitrogen and oxygen atoms in total. The summed E-state index contributed by atoms with van der Waals surface area (Å²) in [6.07, 6.45) is 17.0. The summed E-state index contributed by atoms with van der Waals surface area (Å²) >= 11 is 0. The Morgan fingerprint density at radius 1 is 0.461 bits per heavy atom. The molecule has 0 radical (unpaired) electrons. The number of benzene rings is 4. The van der Waals surface area contributed by atoms with Gasteiger partial charge in [0.1, 0.15) is 11.5 Å². The molecule has 12 heteroatoms. The molecule has 0 aliphatic rings. The summed E-state index contributed by atoms with van der Waals surface area (Å²) < 4.78 is 12.0. The minimum absolute atomic E-state index is 0. The summed E-state index contributed by atoms with van der Waals surface area (Å²) in [5.74, 6) is 29.4. The number of pyridine rings is 4. The van der Waals surface area contributed by atoms with Crippen LogP contribution in [0.3, 0.4) is 0 Å². The Bertz CT molecular complexity index is 3310. The van der Waals surface area contributed by atoms with Crippen molar-refractivity contribution in [3.8, 4) is 152 Å². The summed E-state index contributed by atoms with van der Waals surface area (Å²) in [4.78, 5) is 35.7. The summed E-state index contributed by atoms with van der Waals surface area (Å²) in [6, 6.07) is 53.8. The average Bonchev–Trinajstić information content (AvgIpc) is 3.41. The van der Waals surface area contributed by atoms with Crippen molar-refractivity contribution in [3.63, 3.8) is 0 Å².